The van der Waals surface area contributed by atoms with Crippen molar-refractivity contribution in [3.8, 4) is 0 Å². The van der Waals surface area contributed by atoms with Crippen molar-refractivity contribution in [2.45, 2.75) is 60.4 Å². The van der Waals surface area contributed by atoms with E-state index in [0.29, 0.717) is 19.4 Å². The number of carbonyl (C=O) groups excluding carboxylic acids is 1. The Bertz CT molecular complexity index is 666. The molecule has 6 nitrogen and oxygen atoms in total. The molecule has 126 valence electrons. The van der Waals surface area contributed by atoms with Gasteiger partial charge in [-0.3, -0.25) is 9.48 Å². The Kier molecular flexibility index (Phi) is 5.58. The lowest BCUT2D eigenvalue weighted by Gasteiger charge is -2.06. The monoisotopic (exact) mass is 318 g/mol. The molecule has 0 aliphatic carbocycles. The van der Waals surface area contributed by atoms with Crippen LogP contribution in [0.1, 0.15) is 47.3 Å². The van der Waals surface area contributed by atoms with Crippen molar-refractivity contribution in [3.05, 3.63) is 34.0 Å². The van der Waals surface area contributed by atoms with Crippen molar-refractivity contribution in [3.63, 3.8) is 0 Å². The van der Waals surface area contributed by atoms with Gasteiger partial charge in [0.15, 0.2) is 0 Å². The van der Waals surface area contributed by atoms with Gasteiger partial charge in [-0.05, 0) is 53.0 Å². The average molecular weight is 318 g/mol. The van der Waals surface area contributed by atoms with Gasteiger partial charge in [-0.15, -0.1) is 0 Å². The van der Waals surface area contributed by atoms with Crippen LogP contribution in [-0.2, 0) is 24.2 Å². The van der Waals surface area contributed by atoms with Crippen LogP contribution >= 0.6 is 0 Å². The Labute approximate surface area is 137 Å². The number of nitrogens with zero attached hydrogens (tertiary/aromatic N) is 3. The quantitative estimate of drug-likeness (QED) is 0.851. The fourth-order valence-corrected chi connectivity index (χ4v) is 2.92. The topological polar surface area (TPSA) is 73.0 Å². The third kappa shape index (κ3) is 4.00. The van der Waals surface area contributed by atoms with E-state index in [2.05, 4.69) is 29.4 Å². The molecule has 0 unspecified atom stereocenters. The molecule has 1 N–H and O–H groups in total. The number of amides is 1. The van der Waals surface area contributed by atoms with Gasteiger partial charge in [0.25, 0.3) is 0 Å². The highest BCUT2D eigenvalue weighted by Crippen LogP contribution is 2.15. The Hall–Kier alpha value is -2.11. The number of aryl methyl sites for hydroxylation is 4. The highest BCUT2D eigenvalue weighted by molar-refractivity contribution is 5.76. The van der Waals surface area contributed by atoms with Crippen LogP contribution < -0.4 is 5.32 Å². The molecule has 0 fully saturated rings. The standard InChI is InChI=1S/C17H26N4O2/c1-6-21-13(4)15(11(2)19-21)9-10-18-17(22)8-7-16-12(3)20-23-14(16)5/h6-10H2,1-5H3,(H,18,22). The summed E-state index contributed by atoms with van der Waals surface area (Å²) >= 11 is 0. The number of rotatable bonds is 7. The first-order valence-corrected chi connectivity index (χ1v) is 8.15. The van der Waals surface area contributed by atoms with Gasteiger partial charge in [-0.1, -0.05) is 5.16 Å². The second kappa shape index (κ2) is 7.44. The summed E-state index contributed by atoms with van der Waals surface area (Å²) in [6.45, 7) is 11.5. The Morgan fingerprint density at radius 3 is 2.43 bits per heavy atom. The van der Waals surface area contributed by atoms with Gasteiger partial charge in [-0.25, -0.2) is 0 Å². The maximum atomic E-state index is 12.0. The van der Waals surface area contributed by atoms with E-state index in [0.717, 1.165) is 35.7 Å². The maximum absolute atomic E-state index is 12.0. The molecule has 2 aromatic rings. The zero-order valence-corrected chi connectivity index (χ0v) is 14.7. The second-order valence-corrected chi connectivity index (χ2v) is 5.87. The normalized spacial score (nSPS) is 11.0. The summed E-state index contributed by atoms with van der Waals surface area (Å²) < 4.78 is 7.12. The van der Waals surface area contributed by atoms with Gasteiger partial charge in [0.2, 0.25) is 5.91 Å². The largest absolute Gasteiger partial charge is 0.361 e. The predicted molar refractivity (Wildman–Crippen MR) is 88.4 cm³/mol. The van der Waals surface area contributed by atoms with E-state index >= 15 is 0 Å². The number of nitrogens with one attached hydrogen (secondary N) is 1. The van der Waals surface area contributed by atoms with Gasteiger partial charge >= 0.3 is 0 Å². The minimum Gasteiger partial charge on any atom is -0.361 e. The fourth-order valence-electron chi connectivity index (χ4n) is 2.92. The summed E-state index contributed by atoms with van der Waals surface area (Å²) in [6, 6.07) is 0. The van der Waals surface area contributed by atoms with Crippen LogP contribution in [0, 0.1) is 27.7 Å². The van der Waals surface area contributed by atoms with E-state index in [1.807, 2.05) is 25.5 Å². The van der Waals surface area contributed by atoms with Crippen molar-refractivity contribution < 1.29 is 9.32 Å². The molecular weight excluding hydrogens is 292 g/mol. The molecule has 0 saturated carbocycles. The molecule has 2 heterocycles. The van der Waals surface area contributed by atoms with Crippen LogP contribution in [0.4, 0.5) is 0 Å². The summed E-state index contributed by atoms with van der Waals surface area (Å²) in [5.41, 5.74) is 5.38. The van der Waals surface area contributed by atoms with Crippen molar-refractivity contribution in [1.82, 2.24) is 20.3 Å². The fraction of sp³-hybridized carbons (Fsp3) is 0.588. The minimum absolute atomic E-state index is 0.0585. The average Bonchev–Trinajstić information content (AvgIpc) is 2.98. The number of carbonyl (C=O) groups is 1. The lowest BCUT2D eigenvalue weighted by atomic mass is 10.1. The third-order valence-corrected chi connectivity index (χ3v) is 4.31. The van der Waals surface area contributed by atoms with Crippen molar-refractivity contribution in [1.29, 1.82) is 0 Å². The summed E-state index contributed by atoms with van der Waals surface area (Å²) in [7, 11) is 0. The molecule has 0 aliphatic heterocycles. The lowest BCUT2D eigenvalue weighted by molar-refractivity contribution is -0.121. The maximum Gasteiger partial charge on any atom is 0.220 e. The minimum atomic E-state index is 0.0585. The zero-order valence-electron chi connectivity index (χ0n) is 14.7. The summed E-state index contributed by atoms with van der Waals surface area (Å²) in [5.74, 6) is 0.858. The predicted octanol–water partition coefficient (Wildman–Crippen LogP) is 2.42. The van der Waals surface area contributed by atoms with E-state index < -0.39 is 0 Å². The Morgan fingerprint density at radius 2 is 1.87 bits per heavy atom. The summed E-state index contributed by atoms with van der Waals surface area (Å²) in [6.07, 6.45) is 1.93. The van der Waals surface area contributed by atoms with Gasteiger partial charge in [0.1, 0.15) is 5.76 Å². The van der Waals surface area contributed by atoms with Gasteiger partial charge in [0.05, 0.1) is 11.4 Å². The first kappa shape index (κ1) is 17.2. The van der Waals surface area contributed by atoms with Gasteiger partial charge < -0.3 is 9.84 Å². The molecule has 0 atom stereocenters. The third-order valence-electron chi connectivity index (χ3n) is 4.31. The van der Waals surface area contributed by atoms with Crippen LogP contribution in [-0.4, -0.2) is 27.4 Å². The van der Waals surface area contributed by atoms with Gasteiger partial charge in [0, 0.05) is 30.8 Å². The molecule has 0 bridgehead atoms. The van der Waals surface area contributed by atoms with Crippen molar-refractivity contribution in [2.24, 2.45) is 0 Å². The van der Waals surface area contributed by atoms with E-state index in [1.165, 1.54) is 11.3 Å². The molecule has 0 saturated heterocycles. The molecule has 0 aromatic carbocycles. The second-order valence-electron chi connectivity index (χ2n) is 5.87. The molecule has 0 spiro atoms. The van der Waals surface area contributed by atoms with Crippen molar-refractivity contribution in [2.75, 3.05) is 6.54 Å². The Balaban J connectivity index is 1.80. The van der Waals surface area contributed by atoms with E-state index in [9.17, 15) is 4.79 Å². The SMILES string of the molecule is CCn1nc(C)c(CCNC(=O)CCc2c(C)noc2C)c1C. The molecule has 0 radical (unpaired) electrons. The van der Waals surface area contributed by atoms with Crippen molar-refractivity contribution >= 4 is 5.91 Å². The number of aromatic nitrogens is 3. The van der Waals surface area contributed by atoms with E-state index in [-0.39, 0.29) is 5.91 Å². The first-order chi connectivity index (χ1) is 10.9. The van der Waals surface area contributed by atoms with E-state index in [4.69, 9.17) is 4.52 Å². The highest BCUT2D eigenvalue weighted by atomic mass is 16.5. The summed E-state index contributed by atoms with van der Waals surface area (Å²) in [4.78, 5) is 12.0. The smallest absolute Gasteiger partial charge is 0.220 e. The molecule has 6 heteroatoms. The number of hydrogen-bond acceptors (Lipinski definition) is 4. The molecule has 2 aromatic heterocycles. The van der Waals surface area contributed by atoms with Crippen LogP contribution in [0.25, 0.3) is 0 Å². The zero-order chi connectivity index (χ0) is 17.0. The van der Waals surface area contributed by atoms with E-state index in [1.54, 1.807) is 0 Å². The molecule has 0 aliphatic rings. The highest BCUT2D eigenvalue weighted by Gasteiger charge is 2.12. The Morgan fingerprint density at radius 1 is 1.13 bits per heavy atom. The first-order valence-electron chi connectivity index (χ1n) is 8.15. The van der Waals surface area contributed by atoms with Crippen LogP contribution in [0.2, 0.25) is 0 Å². The molecule has 1 amide bonds. The molecule has 23 heavy (non-hydrogen) atoms. The molecular formula is C17H26N4O2. The van der Waals surface area contributed by atoms with Gasteiger partial charge in [-0.2, -0.15) is 5.10 Å². The van der Waals surface area contributed by atoms with Crippen LogP contribution in [0.5, 0.6) is 0 Å². The van der Waals surface area contributed by atoms with Crippen LogP contribution in [0.3, 0.4) is 0 Å². The molecule has 2 rings (SSSR count). The number of hydrogen-bond donors (Lipinski definition) is 1. The lowest BCUT2D eigenvalue weighted by Crippen LogP contribution is -2.26. The summed E-state index contributed by atoms with van der Waals surface area (Å²) in [5, 5.41) is 11.4. The van der Waals surface area contributed by atoms with Crippen LogP contribution in [0.15, 0.2) is 4.52 Å².